The van der Waals surface area contributed by atoms with Gasteiger partial charge in [-0.2, -0.15) is 22.7 Å². The lowest BCUT2D eigenvalue weighted by Gasteiger charge is -2.36. The molecule has 3 N–H and O–H groups in total. The molecular formula is C26H22F4N4O3. The average molecular weight is 514 g/mol. The van der Waals surface area contributed by atoms with Crippen LogP contribution in [0.5, 0.6) is 5.75 Å². The van der Waals surface area contributed by atoms with Crippen LogP contribution in [0, 0.1) is 12.8 Å². The number of nitrogens with zero attached hydrogens (tertiary/aromatic N) is 2. The van der Waals surface area contributed by atoms with Gasteiger partial charge in [0.15, 0.2) is 0 Å². The fraction of sp³-hybridized carbons (Fsp3) is 0.231. The van der Waals surface area contributed by atoms with Gasteiger partial charge in [-0.3, -0.25) is 10.1 Å². The van der Waals surface area contributed by atoms with E-state index in [0.29, 0.717) is 5.75 Å². The van der Waals surface area contributed by atoms with Crippen LogP contribution in [0.4, 0.5) is 17.6 Å². The second-order valence-corrected chi connectivity index (χ2v) is 8.67. The highest BCUT2D eigenvalue weighted by atomic mass is 19.3. The highest BCUT2D eigenvalue weighted by Gasteiger charge is 2.60. The maximum atomic E-state index is 14.8. The van der Waals surface area contributed by atoms with E-state index in [4.69, 9.17) is 19.9 Å². The third-order valence-corrected chi connectivity index (χ3v) is 6.19. The Labute approximate surface area is 208 Å². The minimum atomic E-state index is -4.50. The number of hydrogen-bond donors (Lipinski definition) is 2. The monoisotopic (exact) mass is 514 g/mol. The Kier molecular flexibility index (Phi) is 6.24. The molecule has 1 aliphatic carbocycles. The lowest BCUT2D eigenvalue weighted by atomic mass is 9.81. The fourth-order valence-corrected chi connectivity index (χ4v) is 4.25. The second-order valence-electron chi connectivity index (χ2n) is 8.67. The van der Waals surface area contributed by atoms with E-state index in [-0.39, 0.29) is 18.4 Å². The summed E-state index contributed by atoms with van der Waals surface area (Å²) in [6.07, 6.45) is 8.37. The van der Waals surface area contributed by atoms with Crippen molar-refractivity contribution < 1.29 is 31.8 Å². The van der Waals surface area contributed by atoms with Gasteiger partial charge in [-0.25, -0.2) is 0 Å². The van der Waals surface area contributed by atoms with Gasteiger partial charge in [0, 0.05) is 28.4 Å². The summed E-state index contributed by atoms with van der Waals surface area (Å²) in [7, 11) is 0. The van der Waals surface area contributed by atoms with Crippen molar-refractivity contribution in [1.82, 2.24) is 15.2 Å². The molecule has 2 aliphatic rings. The van der Waals surface area contributed by atoms with E-state index in [1.165, 1.54) is 12.5 Å². The Morgan fingerprint density at radius 2 is 1.95 bits per heavy atom. The zero-order valence-electron chi connectivity index (χ0n) is 19.5. The Bertz CT molecular complexity index is 1440. The number of benzene rings is 1. The van der Waals surface area contributed by atoms with Gasteiger partial charge in [0.2, 0.25) is 0 Å². The molecule has 3 heterocycles. The largest absolute Gasteiger partial charge is 0.490 e. The molecule has 2 atom stereocenters. The van der Waals surface area contributed by atoms with Gasteiger partial charge in [0.25, 0.3) is 0 Å². The first kappa shape index (κ1) is 24.6. The number of nitrogens with two attached hydrogens (primary N) is 1. The predicted molar refractivity (Wildman–Crippen MR) is 128 cm³/mol. The van der Waals surface area contributed by atoms with Gasteiger partial charge in [0.1, 0.15) is 36.9 Å². The molecule has 0 bridgehead atoms. The summed E-state index contributed by atoms with van der Waals surface area (Å²) in [5.74, 6) is -10.2. The zero-order chi connectivity index (χ0) is 26.2. The number of ether oxygens (including phenoxy) is 3. The Morgan fingerprint density at radius 1 is 1.11 bits per heavy atom. The Morgan fingerprint density at radius 3 is 2.73 bits per heavy atom. The van der Waals surface area contributed by atoms with Crippen LogP contribution in [0.3, 0.4) is 0 Å². The van der Waals surface area contributed by atoms with E-state index >= 15 is 0 Å². The highest BCUT2D eigenvalue weighted by molar-refractivity contribution is 5.86. The van der Waals surface area contributed by atoms with E-state index in [0.717, 1.165) is 52.4 Å². The third-order valence-electron chi connectivity index (χ3n) is 6.19. The first-order chi connectivity index (χ1) is 17.7. The summed E-state index contributed by atoms with van der Waals surface area (Å²) in [5.41, 5.74) is 8.70. The summed E-state index contributed by atoms with van der Waals surface area (Å²) in [5, 5.41) is 8.11. The maximum Gasteiger partial charge on any atom is 0.336 e. The second kappa shape index (κ2) is 9.40. The van der Waals surface area contributed by atoms with Gasteiger partial charge in [-0.05, 0) is 36.8 Å². The van der Waals surface area contributed by atoms with Crippen LogP contribution in [0.1, 0.15) is 5.69 Å². The number of hydrogen-bond acceptors (Lipinski definition) is 6. The van der Waals surface area contributed by atoms with E-state index in [1.54, 1.807) is 12.3 Å². The molecule has 2 aromatic heterocycles. The molecule has 0 amide bonds. The number of aromatic amines is 1. The smallest absolute Gasteiger partial charge is 0.336 e. The van der Waals surface area contributed by atoms with E-state index in [1.807, 2.05) is 25.1 Å². The maximum absolute atomic E-state index is 14.8. The lowest BCUT2D eigenvalue weighted by Crippen LogP contribution is -2.49. The number of allylic oxidation sites excluding steroid dienone is 3. The average Bonchev–Trinajstić information content (AvgIpc) is 3.26. The minimum absolute atomic E-state index is 0.147. The van der Waals surface area contributed by atoms with Crippen LogP contribution in [0.25, 0.3) is 22.0 Å². The number of fused-ring (bicyclic) bond motifs is 1. The van der Waals surface area contributed by atoms with Gasteiger partial charge in [-0.15, -0.1) is 0 Å². The quantitative estimate of drug-likeness (QED) is 0.411. The molecule has 0 fully saturated rings. The standard InChI is InChI=1S/C26H22F4N4O3/c1-15-19-10-16(4-5-22(19)34-33-15)17-9-18(12-32-11-17)37-13-21(31)24(23-14-35-7-8-36-23)20-3-2-6-25(27,28)26(20,29)30/h2-12,14,21,24H,13,31H2,1H3,(H,33,34)/t21-,24?/m1/s1. The van der Waals surface area contributed by atoms with Crippen LogP contribution in [0.15, 0.2) is 85.0 Å². The molecule has 7 nitrogen and oxygen atoms in total. The van der Waals surface area contributed by atoms with Gasteiger partial charge in [0.05, 0.1) is 23.7 Å². The number of alkyl halides is 4. The normalized spacial score (nSPS) is 19.4. The molecule has 1 aliphatic heterocycles. The molecule has 5 rings (SSSR count). The zero-order valence-corrected chi connectivity index (χ0v) is 19.5. The topological polar surface area (TPSA) is 95.3 Å². The molecule has 1 aromatic carbocycles. The molecule has 37 heavy (non-hydrogen) atoms. The number of rotatable bonds is 7. The van der Waals surface area contributed by atoms with Gasteiger partial charge in [-0.1, -0.05) is 18.2 Å². The summed E-state index contributed by atoms with van der Waals surface area (Å²) < 4.78 is 73.9. The molecule has 0 saturated carbocycles. The van der Waals surface area contributed by atoms with Crippen LogP contribution < -0.4 is 10.5 Å². The summed E-state index contributed by atoms with van der Waals surface area (Å²) in [6.45, 7) is 1.61. The Balaban J connectivity index is 1.38. The van der Waals surface area contributed by atoms with E-state index in [2.05, 4.69) is 15.2 Å². The number of aromatic nitrogens is 3. The summed E-state index contributed by atoms with van der Waals surface area (Å²) in [6, 6.07) is 6.24. The van der Waals surface area contributed by atoms with Crippen LogP contribution in [0.2, 0.25) is 0 Å². The molecule has 0 radical (unpaired) electrons. The first-order valence-corrected chi connectivity index (χ1v) is 11.3. The fourth-order valence-electron chi connectivity index (χ4n) is 4.25. The number of nitrogens with one attached hydrogen (secondary N) is 1. The van der Waals surface area contributed by atoms with Crippen molar-refractivity contribution in [3.8, 4) is 16.9 Å². The van der Waals surface area contributed by atoms with Crippen molar-refractivity contribution in [1.29, 1.82) is 0 Å². The number of aryl methyl sites for hydroxylation is 1. The molecule has 11 heteroatoms. The SMILES string of the molecule is Cc1[nH]nc2ccc(-c3cncc(OC[C@@H](N)C(C4=COC=CO4)C4=CC=CC(F)(F)C4(F)F)c3)cc12. The predicted octanol–water partition coefficient (Wildman–Crippen LogP) is 5.38. The van der Waals surface area contributed by atoms with Crippen LogP contribution in [-0.4, -0.2) is 39.7 Å². The summed E-state index contributed by atoms with van der Waals surface area (Å²) >= 11 is 0. The van der Waals surface area contributed by atoms with Gasteiger partial charge >= 0.3 is 11.8 Å². The van der Waals surface area contributed by atoms with Crippen molar-refractivity contribution in [2.75, 3.05) is 6.61 Å². The molecule has 0 spiro atoms. The van der Waals surface area contributed by atoms with Crippen molar-refractivity contribution in [3.05, 3.63) is 90.7 Å². The third kappa shape index (κ3) is 4.57. The van der Waals surface area contributed by atoms with Crippen LogP contribution >= 0.6 is 0 Å². The Hall–Kier alpha value is -4.12. The number of halogens is 4. The van der Waals surface area contributed by atoms with Crippen molar-refractivity contribution in [3.63, 3.8) is 0 Å². The van der Waals surface area contributed by atoms with E-state index < -0.39 is 29.4 Å². The molecule has 1 unspecified atom stereocenters. The molecule has 3 aromatic rings. The molecule has 0 saturated heterocycles. The van der Waals surface area contributed by atoms with E-state index in [9.17, 15) is 17.6 Å². The number of pyridine rings is 1. The summed E-state index contributed by atoms with van der Waals surface area (Å²) in [4.78, 5) is 4.20. The first-order valence-electron chi connectivity index (χ1n) is 11.3. The van der Waals surface area contributed by atoms with Crippen LogP contribution in [-0.2, 0) is 9.47 Å². The van der Waals surface area contributed by atoms with Gasteiger partial charge < -0.3 is 19.9 Å². The van der Waals surface area contributed by atoms with Crippen molar-refractivity contribution >= 4 is 10.9 Å². The van der Waals surface area contributed by atoms with Crippen molar-refractivity contribution in [2.24, 2.45) is 11.7 Å². The lowest BCUT2D eigenvalue weighted by molar-refractivity contribution is -0.160. The molecule has 192 valence electrons. The minimum Gasteiger partial charge on any atom is -0.490 e. The number of H-pyrrole nitrogens is 1. The van der Waals surface area contributed by atoms with Crippen molar-refractivity contribution in [2.45, 2.75) is 24.8 Å². The molecular weight excluding hydrogens is 492 g/mol. The highest BCUT2D eigenvalue weighted by Crippen LogP contribution is 2.48.